The first-order valence-corrected chi connectivity index (χ1v) is 6.36. The van der Waals surface area contributed by atoms with Crippen molar-refractivity contribution in [1.29, 1.82) is 0 Å². The Kier molecular flexibility index (Phi) is 2.85. The zero-order valence-electron chi connectivity index (χ0n) is 9.69. The molecule has 1 aromatic carbocycles. The van der Waals surface area contributed by atoms with E-state index in [1.54, 1.807) is 24.7 Å². The van der Waals surface area contributed by atoms with Gasteiger partial charge >= 0.3 is 0 Å². The van der Waals surface area contributed by atoms with Gasteiger partial charge in [-0.1, -0.05) is 0 Å². The number of hydrogen-bond donors (Lipinski definition) is 2. The summed E-state index contributed by atoms with van der Waals surface area (Å²) < 4.78 is 0. The van der Waals surface area contributed by atoms with Crippen LogP contribution in [0.25, 0.3) is 22.0 Å². The molecule has 0 atom stereocenters. The van der Waals surface area contributed by atoms with Gasteiger partial charge in [-0.3, -0.25) is 9.97 Å². The first-order valence-electron chi connectivity index (χ1n) is 5.48. The highest BCUT2D eigenvalue weighted by Crippen LogP contribution is 2.32. The van der Waals surface area contributed by atoms with E-state index in [-0.39, 0.29) is 11.5 Å². The van der Waals surface area contributed by atoms with Crippen molar-refractivity contribution >= 4 is 11.3 Å². The lowest BCUT2D eigenvalue weighted by molar-refractivity contribution is 0.404. The molecule has 0 bridgehead atoms. The van der Waals surface area contributed by atoms with Crippen LogP contribution in [0.4, 0.5) is 0 Å². The highest BCUT2D eigenvalue weighted by molar-refractivity contribution is 7.13. The van der Waals surface area contributed by atoms with Gasteiger partial charge < -0.3 is 10.2 Å². The summed E-state index contributed by atoms with van der Waals surface area (Å²) in [7, 11) is 0. The molecule has 0 aliphatic heterocycles. The van der Waals surface area contributed by atoms with Crippen LogP contribution in [-0.4, -0.2) is 25.2 Å². The number of thiazole rings is 1. The van der Waals surface area contributed by atoms with Crippen LogP contribution in [0.5, 0.6) is 11.5 Å². The molecule has 2 aromatic heterocycles. The van der Waals surface area contributed by atoms with Gasteiger partial charge in [-0.2, -0.15) is 0 Å². The van der Waals surface area contributed by atoms with Gasteiger partial charge in [-0.05, 0) is 18.2 Å². The molecule has 94 valence electrons. The van der Waals surface area contributed by atoms with E-state index in [2.05, 4.69) is 15.0 Å². The molecular formula is C13H9N3O2S. The van der Waals surface area contributed by atoms with Crippen LogP contribution >= 0.6 is 11.3 Å². The van der Waals surface area contributed by atoms with Gasteiger partial charge in [0.1, 0.15) is 10.7 Å². The molecule has 0 aliphatic rings. The molecule has 0 unspecified atom stereocenters. The lowest BCUT2D eigenvalue weighted by Crippen LogP contribution is -1.84. The Bertz CT molecular complexity index is 713. The number of rotatable bonds is 2. The van der Waals surface area contributed by atoms with Crippen LogP contribution in [0.15, 0.2) is 42.2 Å². The zero-order valence-corrected chi connectivity index (χ0v) is 10.5. The van der Waals surface area contributed by atoms with Gasteiger partial charge in [-0.25, -0.2) is 4.98 Å². The van der Waals surface area contributed by atoms with E-state index in [4.69, 9.17) is 0 Å². The smallest absolute Gasteiger partial charge is 0.158 e. The molecular weight excluding hydrogens is 262 g/mol. The number of phenols is 2. The van der Waals surface area contributed by atoms with E-state index in [0.29, 0.717) is 5.69 Å². The Morgan fingerprint density at radius 2 is 1.89 bits per heavy atom. The van der Waals surface area contributed by atoms with E-state index in [1.165, 1.54) is 23.5 Å². The molecule has 0 fully saturated rings. The second-order valence-corrected chi connectivity index (χ2v) is 4.69. The van der Waals surface area contributed by atoms with Crippen molar-refractivity contribution in [2.75, 3.05) is 0 Å². The maximum atomic E-state index is 9.49. The van der Waals surface area contributed by atoms with E-state index in [1.807, 2.05) is 5.38 Å². The average molecular weight is 271 g/mol. The van der Waals surface area contributed by atoms with Gasteiger partial charge in [0, 0.05) is 23.3 Å². The molecule has 6 heteroatoms. The second-order valence-electron chi connectivity index (χ2n) is 3.83. The minimum Gasteiger partial charge on any atom is -0.504 e. The fourth-order valence-electron chi connectivity index (χ4n) is 1.62. The molecule has 19 heavy (non-hydrogen) atoms. The third-order valence-electron chi connectivity index (χ3n) is 2.56. The summed E-state index contributed by atoms with van der Waals surface area (Å²) >= 11 is 1.45. The molecule has 0 aliphatic carbocycles. The Labute approximate surface area is 112 Å². The fourth-order valence-corrected chi connectivity index (χ4v) is 2.41. The number of benzene rings is 1. The lowest BCUT2D eigenvalue weighted by atomic mass is 10.1. The minimum absolute atomic E-state index is 0.145. The van der Waals surface area contributed by atoms with E-state index < -0.39 is 0 Å². The summed E-state index contributed by atoms with van der Waals surface area (Å²) in [5.41, 5.74) is 2.17. The summed E-state index contributed by atoms with van der Waals surface area (Å²) in [5.74, 6) is -0.306. The number of aromatic nitrogens is 3. The maximum absolute atomic E-state index is 9.49. The quantitative estimate of drug-likeness (QED) is 0.700. The van der Waals surface area contributed by atoms with Crippen molar-refractivity contribution in [2.24, 2.45) is 0 Å². The topological polar surface area (TPSA) is 79.1 Å². The van der Waals surface area contributed by atoms with E-state index in [9.17, 15) is 10.2 Å². The van der Waals surface area contributed by atoms with E-state index in [0.717, 1.165) is 16.3 Å². The summed E-state index contributed by atoms with van der Waals surface area (Å²) in [5, 5.41) is 21.4. The molecule has 0 spiro atoms. The highest BCUT2D eigenvalue weighted by atomic mass is 32.1. The van der Waals surface area contributed by atoms with Crippen LogP contribution in [0.3, 0.4) is 0 Å². The Morgan fingerprint density at radius 3 is 2.63 bits per heavy atom. The van der Waals surface area contributed by atoms with Crippen molar-refractivity contribution in [1.82, 2.24) is 15.0 Å². The van der Waals surface area contributed by atoms with Gasteiger partial charge in [0.2, 0.25) is 0 Å². The molecule has 0 saturated carbocycles. The van der Waals surface area contributed by atoms with Crippen LogP contribution in [0.1, 0.15) is 0 Å². The number of phenolic OH excluding ortho intramolecular Hbond substituents is 2. The van der Waals surface area contributed by atoms with Gasteiger partial charge in [0.15, 0.2) is 11.5 Å². The van der Waals surface area contributed by atoms with E-state index >= 15 is 0 Å². The van der Waals surface area contributed by atoms with Crippen LogP contribution in [-0.2, 0) is 0 Å². The van der Waals surface area contributed by atoms with Crippen molar-refractivity contribution in [2.45, 2.75) is 0 Å². The first-order chi connectivity index (χ1) is 9.24. The highest BCUT2D eigenvalue weighted by Gasteiger charge is 2.09. The summed E-state index contributed by atoms with van der Waals surface area (Å²) in [4.78, 5) is 12.6. The third kappa shape index (κ3) is 2.25. The first kappa shape index (κ1) is 11.6. The molecule has 5 nitrogen and oxygen atoms in total. The standard InChI is InChI=1S/C13H9N3O2S/c17-11-2-1-8(5-12(11)18)10-7-19-13(16-10)9-6-14-3-4-15-9/h1-7,17-18H. The molecule has 0 amide bonds. The SMILES string of the molecule is Oc1ccc(-c2csc(-c3cnccn3)n2)cc1O. The largest absolute Gasteiger partial charge is 0.504 e. The second kappa shape index (κ2) is 4.66. The monoisotopic (exact) mass is 271 g/mol. The summed E-state index contributed by atoms with van der Waals surface area (Å²) in [6.07, 6.45) is 4.87. The minimum atomic E-state index is -0.161. The van der Waals surface area contributed by atoms with Crippen molar-refractivity contribution in [3.8, 4) is 33.5 Å². The maximum Gasteiger partial charge on any atom is 0.158 e. The zero-order chi connectivity index (χ0) is 13.2. The molecule has 0 saturated heterocycles. The van der Waals surface area contributed by atoms with Gasteiger partial charge in [0.25, 0.3) is 0 Å². The van der Waals surface area contributed by atoms with Crippen molar-refractivity contribution < 1.29 is 10.2 Å². The van der Waals surface area contributed by atoms with Crippen LogP contribution in [0.2, 0.25) is 0 Å². The molecule has 3 aromatic rings. The van der Waals surface area contributed by atoms with Crippen LogP contribution < -0.4 is 0 Å². The summed E-state index contributed by atoms with van der Waals surface area (Å²) in [6, 6.07) is 4.61. The Morgan fingerprint density at radius 1 is 1.00 bits per heavy atom. The number of nitrogens with zero attached hydrogens (tertiary/aromatic N) is 3. The predicted octanol–water partition coefficient (Wildman–Crippen LogP) is 2.68. The van der Waals surface area contributed by atoms with Crippen molar-refractivity contribution in [3.05, 3.63) is 42.2 Å². The predicted molar refractivity (Wildman–Crippen MR) is 71.9 cm³/mol. The Balaban J connectivity index is 1.99. The van der Waals surface area contributed by atoms with Crippen molar-refractivity contribution in [3.63, 3.8) is 0 Å². The number of aromatic hydroxyl groups is 2. The third-order valence-corrected chi connectivity index (χ3v) is 3.42. The average Bonchev–Trinajstić information content (AvgIpc) is 2.93. The molecule has 2 heterocycles. The summed E-state index contributed by atoms with van der Waals surface area (Å²) in [6.45, 7) is 0. The normalized spacial score (nSPS) is 10.5. The van der Waals surface area contributed by atoms with Gasteiger partial charge in [0.05, 0.1) is 11.9 Å². The Hall–Kier alpha value is -2.47. The fraction of sp³-hybridized carbons (Fsp3) is 0. The van der Waals surface area contributed by atoms with Gasteiger partial charge in [-0.15, -0.1) is 11.3 Å². The van der Waals surface area contributed by atoms with Crippen LogP contribution in [0, 0.1) is 0 Å². The molecule has 3 rings (SSSR count). The molecule has 2 N–H and O–H groups in total. The molecule has 0 radical (unpaired) electrons. The lowest BCUT2D eigenvalue weighted by Gasteiger charge is -2.00. The number of hydrogen-bond acceptors (Lipinski definition) is 6.